The summed E-state index contributed by atoms with van der Waals surface area (Å²) in [6, 6.07) is 4.47. The predicted octanol–water partition coefficient (Wildman–Crippen LogP) is 4.16. The Morgan fingerprint density at radius 1 is 1.29 bits per heavy atom. The molecule has 0 bridgehead atoms. The van der Waals surface area contributed by atoms with Crippen LogP contribution in [0, 0.1) is 0 Å². The van der Waals surface area contributed by atoms with Crippen LogP contribution in [0.5, 0.6) is 5.75 Å². The van der Waals surface area contributed by atoms with Crippen LogP contribution in [0.15, 0.2) is 24.8 Å². The average Bonchev–Trinajstić information content (AvgIpc) is 2.32. The summed E-state index contributed by atoms with van der Waals surface area (Å²) in [6.07, 6.45) is 1.80. The van der Waals surface area contributed by atoms with Gasteiger partial charge in [-0.05, 0) is 16.2 Å². The summed E-state index contributed by atoms with van der Waals surface area (Å²) in [5.74, 6) is 1.01. The smallest absolute Gasteiger partial charge is 0.185 e. The lowest BCUT2D eigenvalue weighted by Gasteiger charge is -2.31. The van der Waals surface area contributed by atoms with Crippen molar-refractivity contribution in [2.24, 2.45) is 0 Å². The van der Waals surface area contributed by atoms with Crippen molar-refractivity contribution >= 4 is 37.6 Å². The van der Waals surface area contributed by atoms with Gasteiger partial charge in [0.05, 0.1) is 8.80 Å². The summed E-state index contributed by atoms with van der Waals surface area (Å²) >= 11 is 6.74. The van der Waals surface area contributed by atoms with E-state index in [4.69, 9.17) is 15.8 Å². The van der Waals surface area contributed by atoms with Gasteiger partial charge in [-0.25, -0.2) is 0 Å². The minimum Gasteiger partial charge on any atom is -0.489 e. The fraction of sp³-hybridized carbons (Fsp3) is 0.529. The first-order valence-corrected chi connectivity index (χ1v) is 13.9. The molecule has 1 radical (unpaired) electrons. The Labute approximate surface area is 137 Å². The third kappa shape index (κ3) is 4.47. The van der Waals surface area contributed by atoms with Crippen LogP contribution >= 0.6 is 11.1 Å². The van der Waals surface area contributed by atoms with Crippen molar-refractivity contribution in [1.82, 2.24) is 0 Å². The summed E-state index contributed by atoms with van der Waals surface area (Å²) in [5, 5.41) is 2.65. The highest BCUT2D eigenvalue weighted by molar-refractivity contribution is 7.26. The zero-order valence-corrected chi connectivity index (χ0v) is 17.2. The van der Waals surface area contributed by atoms with E-state index in [-0.39, 0.29) is 5.41 Å². The van der Waals surface area contributed by atoms with Crippen LogP contribution < -0.4 is 15.1 Å². The molecule has 0 unspecified atom stereocenters. The highest BCUT2D eigenvalue weighted by Gasteiger charge is 2.32. The van der Waals surface area contributed by atoms with Crippen molar-refractivity contribution in [3.05, 3.63) is 30.4 Å². The number of ether oxygens (including phenoxy) is 1. The van der Waals surface area contributed by atoms with E-state index in [1.165, 1.54) is 15.9 Å². The Kier molecular flexibility index (Phi) is 5.93. The number of rotatable bonds is 5. The topological polar surface area (TPSA) is 9.23 Å². The first-order chi connectivity index (χ1) is 9.50. The first kappa shape index (κ1) is 18.5. The minimum atomic E-state index is -1.97. The van der Waals surface area contributed by atoms with Crippen molar-refractivity contribution in [2.45, 2.75) is 52.4 Å². The Bertz CT molecular complexity index is 511. The first-order valence-electron chi connectivity index (χ1n) is 7.41. The van der Waals surface area contributed by atoms with E-state index >= 15 is 0 Å². The van der Waals surface area contributed by atoms with Crippen LogP contribution in [-0.4, -0.2) is 22.8 Å². The SMILES string of the molecule is C=CCOc1c([Si](C)(C)Cl)ccc([Si](C)C)c1C(C)(C)C. The number of hydrogen-bond acceptors (Lipinski definition) is 1. The second-order valence-electron chi connectivity index (χ2n) is 7.19. The maximum Gasteiger partial charge on any atom is 0.185 e. The molecule has 0 fully saturated rings. The van der Waals surface area contributed by atoms with Crippen molar-refractivity contribution < 1.29 is 4.74 Å². The Balaban J connectivity index is 3.69. The van der Waals surface area contributed by atoms with Crippen LogP contribution in [0.25, 0.3) is 0 Å². The predicted molar refractivity (Wildman–Crippen MR) is 101 cm³/mol. The molecule has 21 heavy (non-hydrogen) atoms. The number of halogens is 1. The third-order valence-corrected chi connectivity index (χ3v) is 7.21. The molecule has 1 nitrogen and oxygen atoms in total. The third-order valence-electron chi connectivity index (χ3n) is 3.43. The minimum absolute atomic E-state index is 0.0420. The van der Waals surface area contributed by atoms with Gasteiger partial charge in [-0.2, -0.15) is 11.1 Å². The van der Waals surface area contributed by atoms with E-state index in [0.717, 1.165) is 5.75 Å². The van der Waals surface area contributed by atoms with Crippen molar-refractivity contribution in [3.63, 3.8) is 0 Å². The molecule has 0 N–H and O–H groups in total. The zero-order chi connectivity index (χ0) is 16.4. The van der Waals surface area contributed by atoms with Gasteiger partial charge in [-0.15, -0.1) is 0 Å². The molecule has 4 heteroatoms. The van der Waals surface area contributed by atoms with Gasteiger partial charge in [-0.1, -0.05) is 76.9 Å². The molecule has 0 amide bonds. The standard InChI is InChI=1S/C17H28ClOSi2/c1-9-12-19-16-14(21(7,8)18)11-10-13(20(5)6)15(16)17(2,3)4/h9-11H,1,12H2,2-8H3. The van der Waals surface area contributed by atoms with Gasteiger partial charge in [0.2, 0.25) is 0 Å². The molecule has 0 aromatic heterocycles. The maximum atomic E-state index is 6.74. The van der Waals surface area contributed by atoms with Gasteiger partial charge >= 0.3 is 0 Å². The summed E-state index contributed by atoms with van der Waals surface area (Å²) in [4.78, 5) is 0. The Hall–Kier alpha value is -0.516. The van der Waals surface area contributed by atoms with Crippen LogP contribution in [0.1, 0.15) is 26.3 Å². The second kappa shape index (κ2) is 6.72. The Morgan fingerprint density at radius 3 is 2.24 bits per heavy atom. The molecule has 1 aromatic rings. The molecule has 0 saturated heterocycles. The van der Waals surface area contributed by atoms with E-state index in [9.17, 15) is 0 Å². The molecular weight excluding hydrogens is 312 g/mol. The van der Waals surface area contributed by atoms with Crippen LogP contribution in [0.3, 0.4) is 0 Å². The normalized spacial score (nSPS) is 12.6. The second-order valence-corrected chi connectivity index (χ2v) is 16.0. The molecule has 117 valence electrons. The van der Waals surface area contributed by atoms with Crippen LogP contribution in [0.4, 0.5) is 0 Å². The van der Waals surface area contributed by atoms with E-state index < -0.39 is 16.2 Å². The van der Waals surface area contributed by atoms with Gasteiger partial charge in [-0.3, -0.25) is 0 Å². The molecule has 1 rings (SSSR count). The molecule has 0 spiro atoms. The molecule has 0 aliphatic rings. The van der Waals surface area contributed by atoms with Gasteiger partial charge in [0, 0.05) is 0 Å². The van der Waals surface area contributed by atoms with E-state index in [0.29, 0.717) is 6.61 Å². The number of benzene rings is 1. The molecule has 1 aromatic carbocycles. The maximum absolute atomic E-state index is 6.74. The largest absolute Gasteiger partial charge is 0.489 e. The van der Waals surface area contributed by atoms with Crippen LogP contribution in [-0.2, 0) is 5.41 Å². The molecular formula is C17H28ClOSi2. The highest BCUT2D eigenvalue weighted by atomic mass is 35.6. The molecule has 0 aliphatic carbocycles. The molecule has 0 heterocycles. The summed E-state index contributed by atoms with van der Waals surface area (Å²) in [5.41, 5.74) is 1.38. The monoisotopic (exact) mass is 339 g/mol. The fourth-order valence-electron chi connectivity index (χ4n) is 2.50. The van der Waals surface area contributed by atoms with Crippen molar-refractivity contribution in [2.75, 3.05) is 6.61 Å². The van der Waals surface area contributed by atoms with E-state index in [2.05, 4.69) is 65.7 Å². The van der Waals surface area contributed by atoms with Crippen molar-refractivity contribution in [3.8, 4) is 5.75 Å². The molecule has 0 atom stereocenters. The van der Waals surface area contributed by atoms with Crippen molar-refractivity contribution in [1.29, 1.82) is 0 Å². The Morgan fingerprint density at radius 2 is 1.86 bits per heavy atom. The lowest BCUT2D eigenvalue weighted by molar-refractivity contribution is 0.354. The van der Waals surface area contributed by atoms with Gasteiger partial charge in [0.15, 0.2) is 7.38 Å². The van der Waals surface area contributed by atoms with E-state index in [1.807, 2.05) is 0 Å². The van der Waals surface area contributed by atoms with Crippen LogP contribution in [0.2, 0.25) is 26.2 Å². The summed E-state index contributed by atoms with van der Waals surface area (Å²) < 4.78 is 6.11. The van der Waals surface area contributed by atoms with Gasteiger partial charge in [0.1, 0.15) is 12.4 Å². The fourth-order valence-corrected chi connectivity index (χ4v) is 5.57. The molecule has 0 aliphatic heterocycles. The quantitative estimate of drug-likeness (QED) is 0.444. The van der Waals surface area contributed by atoms with Gasteiger partial charge < -0.3 is 4.74 Å². The van der Waals surface area contributed by atoms with Gasteiger partial charge in [0.25, 0.3) is 0 Å². The zero-order valence-electron chi connectivity index (χ0n) is 14.4. The van der Waals surface area contributed by atoms with E-state index in [1.54, 1.807) is 6.08 Å². The lowest BCUT2D eigenvalue weighted by atomic mass is 9.86. The number of hydrogen-bond donors (Lipinski definition) is 0. The molecule has 0 saturated carbocycles. The summed E-state index contributed by atoms with van der Waals surface area (Å²) in [6.45, 7) is 20.0. The average molecular weight is 340 g/mol. The highest BCUT2D eigenvalue weighted by Crippen LogP contribution is 2.31. The lowest BCUT2D eigenvalue weighted by Crippen LogP contribution is -2.42. The summed E-state index contributed by atoms with van der Waals surface area (Å²) in [7, 11) is -2.54.